The standard InChI is InChI=1S/C22H19FN2O2/c23-17-9-11-19-21(15-17)25(22(27)20-7-4-13-24(19)20)14-12-18(26)10-8-16-5-2-1-3-6-16/h1-7,9,11,13,15H,8,10,12,14H2. The molecule has 0 saturated carbocycles. The number of halogens is 1. The number of ketones is 1. The van der Waals surface area contributed by atoms with Gasteiger partial charge >= 0.3 is 0 Å². The molecule has 4 aromatic rings. The van der Waals surface area contributed by atoms with E-state index in [4.69, 9.17) is 0 Å². The number of carbonyl (C=O) groups excluding carboxylic acids is 1. The first-order chi connectivity index (χ1) is 13.1. The molecule has 5 heteroatoms. The zero-order valence-corrected chi connectivity index (χ0v) is 14.8. The Bertz CT molecular complexity index is 1180. The van der Waals surface area contributed by atoms with Gasteiger partial charge in [-0.05, 0) is 42.3 Å². The molecule has 0 unspecified atom stereocenters. The number of benzene rings is 2. The molecule has 4 nitrogen and oxygen atoms in total. The van der Waals surface area contributed by atoms with Gasteiger partial charge in [0, 0.05) is 25.6 Å². The maximum Gasteiger partial charge on any atom is 0.275 e. The molecule has 0 saturated heterocycles. The average Bonchev–Trinajstić information content (AvgIpc) is 3.17. The Morgan fingerprint density at radius 2 is 1.70 bits per heavy atom. The van der Waals surface area contributed by atoms with Crippen molar-refractivity contribution in [3.05, 3.63) is 88.6 Å². The summed E-state index contributed by atoms with van der Waals surface area (Å²) in [5.74, 6) is -0.317. The monoisotopic (exact) mass is 362 g/mol. The number of fused-ring (bicyclic) bond motifs is 3. The normalized spacial score (nSPS) is 11.3. The third-order valence-corrected chi connectivity index (χ3v) is 4.85. The summed E-state index contributed by atoms with van der Waals surface area (Å²) in [5, 5.41) is 0. The van der Waals surface area contributed by atoms with Crippen molar-refractivity contribution in [3.63, 3.8) is 0 Å². The van der Waals surface area contributed by atoms with E-state index < -0.39 is 5.82 Å². The summed E-state index contributed by atoms with van der Waals surface area (Å²) in [7, 11) is 0. The number of hydrogen-bond acceptors (Lipinski definition) is 2. The highest BCUT2D eigenvalue weighted by Crippen LogP contribution is 2.17. The summed E-state index contributed by atoms with van der Waals surface area (Å²) in [5.41, 5.74) is 2.66. The lowest BCUT2D eigenvalue weighted by Gasteiger charge is -2.12. The molecule has 0 radical (unpaired) electrons. The molecule has 0 atom stereocenters. The fourth-order valence-corrected chi connectivity index (χ4v) is 3.44. The van der Waals surface area contributed by atoms with Crippen LogP contribution in [0, 0.1) is 5.82 Å². The molecule has 0 bridgehead atoms. The molecule has 0 aliphatic rings. The van der Waals surface area contributed by atoms with E-state index >= 15 is 0 Å². The van der Waals surface area contributed by atoms with Gasteiger partial charge in [-0.25, -0.2) is 4.39 Å². The van der Waals surface area contributed by atoms with Gasteiger partial charge in [-0.1, -0.05) is 30.3 Å². The van der Waals surface area contributed by atoms with Crippen molar-refractivity contribution in [1.29, 1.82) is 0 Å². The molecule has 27 heavy (non-hydrogen) atoms. The van der Waals surface area contributed by atoms with Crippen LogP contribution in [0.15, 0.2) is 71.7 Å². The van der Waals surface area contributed by atoms with E-state index in [-0.39, 0.29) is 24.3 Å². The van der Waals surface area contributed by atoms with Crippen molar-refractivity contribution >= 4 is 22.3 Å². The quantitative estimate of drug-likeness (QED) is 0.521. The van der Waals surface area contributed by atoms with Crippen LogP contribution in [0.25, 0.3) is 16.6 Å². The van der Waals surface area contributed by atoms with Crippen LogP contribution in [0.2, 0.25) is 0 Å². The number of rotatable bonds is 6. The number of Topliss-reactive ketones (excluding diaryl/α,β-unsaturated/α-hetero) is 1. The summed E-state index contributed by atoms with van der Waals surface area (Å²) >= 11 is 0. The lowest BCUT2D eigenvalue weighted by atomic mass is 10.1. The lowest BCUT2D eigenvalue weighted by Crippen LogP contribution is -2.24. The highest BCUT2D eigenvalue weighted by molar-refractivity contribution is 5.81. The highest BCUT2D eigenvalue weighted by Gasteiger charge is 2.12. The van der Waals surface area contributed by atoms with Crippen LogP contribution in [-0.4, -0.2) is 14.8 Å². The second kappa shape index (κ2) is 7.19. The molecule has 0 fully saturated rings. The van der Waals surface area contributed by atoms with Crippen molar-refractivity contribution in [1.82, 2.24) is 8.97 Å². The summed E-state index contributed by atoms with van der Waals surface area (Å²) in [6.07, 6.45) is 3.14. The highest BCUT2D eigenvalue weighted by atomic mass is 19.1. The van der Waals surface area contributed by atoms with Gasteiger partial charge in [-0.2, -0.15) is 0 Å². The van der Waals surface area contributed by atoms with Crippen molar-refractivity contribution in [2.24, 2.45) is 0 Å². The van der Waals surface area contributed by atoms with Crippen molar-refractivity contribution < 1.29 is 9.18 Å². The number of hydrogen-bond donors (Lipinski definition) is 0. The average molecular weight is 362 g/mol. The largest absolute Gasteiger partial charge is 0.310 e. The Labute approximate surface area is 155 Å². The van der Waals surface area contributed by atoms with Gasteiger partial charge in [0.1, 0.15) is 17.1 Å². The minimum Gasteiger partial charge on any atom is -0.310 e. The molecular formula is C22H19FN2O2. The van der Waals surface area contributed by atoms with Gasteiger partial charge in [0.05, 0.1) is 11.0 Å². The Morgan fingerprint density at radius 3 is 2.52 bits per heavy atom. The van der Waals surface area contributed by atoms with Gasteiger partial charge in [0.15, 0.2) is 0 Å². The number of aryl methyl sites for hydroxylation is 2. The predicted octanol–water partition coefficient (Wildman–Crippen LogP) is 3.99. The van der Waals surface area contributed by atoms with Gasteiger partial charge < -0.3 is 8.97 Å². The number of carbonyl (C=O) groups is 1. The van der Waals surface area contributed by atoms with Crippen LogP contribution in [0.1, 0.15) is 18.4 Å². The van der Waals surface area contributed by atoms with Gasteiger partial charge in [0.25, 0.3) is 5.56 Å². The van der Waals surface area contributed by atoms with Gasteiger partial charge in [-0.3, -0.25) is 9.59 Å². The first kappa shape index (κ1) is 17.2. The van der Waals surface area contributed by atoms with Crippen molar-refractivity contribution in [2.75, 3.05) is 0 Å². The molecule has 2 aromatic carbocycles. The predicted molar refractivity (Wildman–Crippen MR) is 104 cm³/mol. The topological polar surface area (TPSA) is 43.5 Å². The molecule has 4 rings (SSSR count). The molecule has 2 aromatic heterocycles. The fourth-order valence-electron chi connectivity index (χ4n) is 3.44. The van der Waals surface area contributed by atoms with E-state index in [1.807, 2.05) is 30.3 Å². The van der Waals surface area contributed by atoms with Crippen molar-refractivity contribution in [2.45, 2.75) is 25.8 Å². The lowest BCUT2D eigenvalue weighted by molar-refractivity contribution is -0.119. The summed E-state index contributed by atoms with van der Waals surface area (Å²) < 4.78 is 17.1. The third-order valence-electron chi connectivity index (χ3n) is 4.85. The molecule has 0 N–H and O–H groups in total. The maximum absolute atomic E-state index is 13.8. The first-order valence-electron chi connectivity index (χ1n) is 8.98. The second-order valence-electron chi connectivity index (χ2n) is 6.63. The number of aromatic nitrogens is 2. The van der Waals surface area contributed by atoms with E-state index in [1.165, 1.54) is 16.7 Å². The Balaban J connectivity index is 1.59. The molecular weight excluding hydrogens is 343 g/mol. The van der Waals surface area contributed by atoms with Crippen LogP contribution in [0.3, 0.4) is 0 Å². The zero-order valence-electron chi connectivity index (χ0n) is 14.8. The maximum atomic E-state index is 13.8. The van der Waals surface area contributed by atoms with E-state index in [1.54, 1.807) is 28.8 Å². The SMILES string of the molecule is O=C(CCc1ccccc1)CCn1c(=O)c2cccn2c2ccc(F)cc21. The fraction of sp³-hybridized carbons (Fsp3) is 0.182. The van der Waals surface area contributed by atoms with Crippen LogP contribution in [-0.2, 0) is 17.8 Å². The first-order valence-corrected chi connectivity index (χ1v) is 8.98. The molecule has 0 aliphatic carbocycles. The molecule has 0 amide bonds. The Hall–Kier alpha value is -3.21. The summed E-state index contributed by atoms with van der Waals surface area (Å²) in [4.78, 5) is 25.1. The molecule has 0 spiro atoms. The minimum atomic E-state index is -0.405. The molecule has 0 aliphatic heterocycles. The third kappa shape index (κ3) is 3.40. The Kier molecular flexibility index (Phi) is 4.59. The second-order valence-corrected chi connectivity index (χ2v) is 6.63. The van der Waals surface area contributed by atoms with Crippen LogP contribution in [0.5, 0.6) is 0 Å². The molecule has 2 heterocycles. The number of nitrogens with zero attached hydrogens (tertiary/aromatic N) is 2. The summed E-state index contributed by atoms with van der Waals surface area (Å²) in [6, 6.07) is 17.7. The van der Waals surface area contributed by atoms with Crippen LogP contribution < -0.4 is 5.56 Å². The zero-order chi connectivity index (χ0) is 18.8. The smallest absolute Gasteiger partial charge is 0.275 e. The Morgan fingerprint density at radius 1 is 0.889 bits per heavy atom. The summed E-state index contributed by atoms with van der Waals surface area (Å²) in [6.45, 7) is 0.244. The van der Waals surface area contributed by atoms with Gasteiger partial charge in [0.2, 0.25) is 0 Å². The minimum absolute atomic E-state index is 0.0885. The molecule has 136 valence electrons. The van der Waals surface area contributed by atoms with Gasteiger partial charge in [-0.15, -0.1) is 0 Å². The van der Waals surface area contributed by atoms with E-state index in [9.17, 15) is 14.0 Å². The van der Waals surface area contributed by atoms with Crippen LogP contribution in [0.4, 0.5) is 4.39 Å². The van der Waals surface area contributed by atoms with E-state index in [2.05, 4.69) is 0 Å². The van der Waals surface area contributed by atoms with E-state index in [0.29, 0.717) is 23.9 Å². The van der Waals surface area contributed by atoms with Crippen molar-refractivity contribution in [3.8, 4) is 0 Å². The van der Waals surface area contributed by atoms with E-state index in [0.717, 1.165) is 11.1 Å². The van der Waals surface area contributed by atoms with Crippen LogP contribution >= 0.6 is 0 Å².